The Morgan fingerprint density at radius 1 is 1.73 bits per heavy atom. The summed E-state index contributed by atoms with van der Waals surface area (Å²) in [5, 5.41) is 0. The zero-order chi connectivity index (χ0) is 8.27. The maximum Gasteiger partial charge on any atom is 0.135 e. The van der Waals surface area contributed by atoms with Crippen molar-refractivity contribution in [3.8, 4) is 0 Å². The minimum Gasteiger partial charge on any atom is -0.299 e. The van der Waals surface area contributed by atoms with E-state index >= 15 is 0 Å². The highest BCUT2D eigenvalue weighted by atomic mass is 16.1. The van der Waals surface area contributed by atoms with Crippen molar-refractivity contribution in [3.63, 3.8) is 0 Å². The van der Waals surface area contributed by atoms with Gasteiger partial charge in [0.25, 0.3) is 0 Å². The van der Waals surface area contributed by atoms with Crippen LogP contribution >= 0.6 is 0 Å². The lowest BCUT2D eigenvalue weighted by Crippen LogP contribution is -2.09. The second-order valence-electron chi connectivity index (χ2n) is 3.42. The Labute approximate surface area is 68.5 Å². The van der Waals surface area contributed by atoms with E-state index in [-0.39, 0.29) is 0 Å². The van der Waals surface area contributed by atoms with Crippen molar-refractivity contribution in [2.24, 2.45) is 11.8 Å². The van der Waals surface area contributed by atoms with Crippen LogP contribution in [0.5, 0.6) is 0 Å². The first-order chi connectivity index (χ1) is 5.25. The van der Waals surface area contributed by atoms with Gasteiger partial charge in [-0.15, -0.1) is 6.58 Å². The van der Waals surface area contributed by atoms with Crippen molar-refractivity contribution >= 4 is 5.78 Å². The van der Waals surface area contributed by atoms with Crippen LogP contribution in [0.3, 0.4) is 0 Å². The van der Waals surface area contributed by atoms with Gasteiger partial charge >= 0.3 is 0 Å². The molecule has 0 aromatic heterocycles. The molecule has 1 fully saturated rings. The van der Waals surface area contributed by atoms with Crippen LogP contribution in [0.25, 0.3) is 0 Å². The van der Waals surface area contributed by atoms with Crippen molar-refractivity contribution in [2.45, 2.75) is 32.6 Å². The third-order valence-electron chi connectivity index (χ3n) is 2.72. The van der Waals surface area contributed by atoms with E-state index in [0.717, 1.165) is 25.7 Å². The Bertz CT molecular complexity index is 160. The number of carbonyl (C=O) groups is 1. The van der Waals surface area contributed by atoms with E-state index in [1.165, 1.54) is 0 Å². The molecule has 11 heavy (non-hydrogen) atoms. The number of Topliss-reactive ketones (excluding diaryl/α,β-unsaturated/α-hetero) is 1. The number of allylic oxidation sites excluding steroid dienone is 1. The summed E-state index contributed by atoms with van der Waals surface area (Å²) in [7, 11) is 0. The van der Waals surface area contributed by atoms with Crippen LogP contribution in [-0.2, 0) is 4.79 Å². The average Bonchev–Trinajstić information content (AvgIpc) is 2.31. The lowest BCUT2D eigenvalue weighted by molar-refractivity contribution is -0.120. The third-order valence-corrected chi connectivity index (χ3v) is 2.72. The normalized spacial score (nSPS) is 30.8. The molecule has 0 aromatic carbocycles. The minimum atomic E-state index is 0.315. The predicted molar refractivity (Wildman–Crippen MR) is 46.3 cm³/mol. The Hall–Kier alpha value is -0.590. The van der Waals surface area contributed by atoms with Crippen molar-refractivity contribution in [2.75, 3.05) is 0 Å². The molecule has 0 spiro atoms. The first kappa shape index (κ1) is 8.51. The summed E-state index contributed by atoms with van der Waals surface area (Å²) < 4.78 is 0. The SMILES string of the molecule is C=CCC[C@@H]1CCC(=O)[C@H]1C. The maximum absolute atomic E-state index is 11.1. The van der Waals surface area contributed by atoms with Crippen LogP contribution < -0.4 is 0 Å². The molecule has 1 saturated carbocycles. The van der Waals surface area contributed by atoms with Gasteiger partial charge in [-0.3, -0.25) is 4.79 Å². The number of carbonyl (C=O) groups excluding carboxylic acids is 1. The summed E-state index contributed by atoms with van der Waals surface area (Å²) in [6, 6.07) is 0. The summed E-state index contributed by atoms with van der Waals surface area (Å²) >= 11 is 0. The van der Waals surface area contributed by atoms with E-state index in [9.17, 15) is 4.79 Å². The molecule has 0 heterocycles. The quantitative estimate of drug-likeness (QED) is 0.568. The van der Waals surface area contributed by atoms with Crippen LogP contribution in [0.2, 0.25) is 0 Å². The molecule has 0 aliphatic heterocycles. The van der Waals surface area contributed by atoms with Gasteiger partial charge in [-0.2, -0.15) is 0 Å². The Morgan fingerprint density at radius 2 is 2.45 bits per heavy atom. The predicted octanol–water partition coefficient (Wildman–Crippen LogP) is 2.57. The van der Waals surface area contributed by atoms with Crippen molar-refractivity contribution < 1.29 is 4.79 Å². The Kier molecular flexibility index (Phi) is 2.86. The highest BCUT2D eigenvalue weighted by Crippen LogP contribution is 2.31. The fraction of sp³-hybridized carbons (Fsp3) is 0.700. The lowest BCUT2D eigenvalue weighted by Gasteiger charge is -2.11. The second-order valence-corrected chi connectivity index (χ2v) is 3.42. The van der Waals surface area contributed by atoms with Crippen LogP contribution in [-0.4, -0.2) is 5.78 Å². The smallest absolute Gasteiger partial charge is 0.135 e. The summed E-state index contributed by atoms with van der Waals surface area (Å²) in [5.74, 6) is 1.41. The summed E-state index contributed by atoms with van der Waals surface area (Å²) in [5.41, 5.74) is 0. The molecular formula is C10H16O. The standard InChI is InChI=1S/C10H16O/c1-3-4-5-9-6-7-10(11)8(9)2/h3,8-9H,1,4-7H2,2H3/t8-,9+/m0/s1. The molecule has 62 valence electrons. The summed E-state index contributed by atoms with van der Waals surface area (Å²) in [4.78, 5) is 11.1. The average molecular weight is 152 g/mol. The van der Waals surface area contributed by atoms with Crippen LogP contribution in [0.4, 0.5) is 0 Å². The van der Waals surface area contributed by atoms with Gasteiger partial charge in [0, 0.05) is 12.3 Å². The summed E-state index contributed by atoms with van der Waals surface area (Å²) in [6.45, 7) is 5.74. The first-order valence-corrected chi connectivity index (χ1v) is 4.39. The van der Waals surface area contributed by atoms with Gasteiger partial charge in [-0.05, 0) is 25.2 Å². The van der Waals surface area contributed by atoms with Crippen LogP contribution in [0, 0.1) is 11.8 Å². The maximum atomic E-state index is 11.1. The molecule has 0 N–H and O–H groups in total. The molecule has 1 aliphatic rings. The molecule has 2 atom stereocenters. The van der Waals surface area contributed by atoms with E-state index < -0.39 is 0 Å². The molecule has 0 unspecified atom stereocenters. The van der Waals surface area contributed by atoms with Gasteiger partial charge in [0.1, 0.15) is 5.78 Å². The molecule has 0 amide bonds. The Morgan fingerprint density at radius 3 is 2.91 bits per heavy atom. The van der Waals surface area contributed by atoms with E-state index in [1.807, 2.05) is 6.08 Å². The van der Waals surface area contributed by atoms with Crippen LogP contribution in [0.15, 0.2) is 12.7 Å². The zero-order valence-corrected chi connectivity index (χ0v) is 7.18. The molecule has 0 radical (unpaired) electrons. The molecule has 0 bridgehead atoms. The molecular weight excluding hydrogens is 136 g/mol. The van der Waals surface area contributed by atoms with Gasteiger partial charge < -0.3 is 0 Å². The van der Waals surface area contributed by atoms with Gasteiger partial charge in [-0.25, -0.2) is 0 Å². The van der Waals surface area contributed by atoms with E-state index in [0.29, 0.717) is 17.6 Å². The van der Waals surface area contributed by atoms with Crippen LogP contribution in [0.1, 0.15) is 32.6 Å². The monoisotopic (exact) mass is 152 g/mol. The highest BCUT2D eigenvalue weighted by molar-refractivity contribution is 5.82. The molecule has 0 saturated heterocycles. The van der Waals surface area contributed by atoms with E-state index in [4.69, 9.17) is 0 Å². The van der Waals surface area contributed by atoms with Crippen molar-refractivity contribution in [1.29, 1.82) is 0 Å². The van der Waals surface area contributed by atoms with E-state index in [2.05, 4.69) is 13.5 Å². The third kappa shape index (κ3) is 1.92. The fourth-order valence-electron chi connectivity index (χ4n) is 1.79. The molecule has 1 aliphatic carbocycles. The zero-order valence-electron chi connectivity index (χ0n) is 7.18. The molecule has 1 heteroatoms. The molecule has 1 nitrogen and oxygen atoms in total. The minimum absolute atomic E-state index is 0.315. The number of ketones is 1. The number of hydrogen-bond donors (Lipinski definition) is 0. The van der Waals surface area contributed by atoms with Gasteiger partial charge in [0.15, 0.2) is 0 Å². The number of rotatable bonds is 3. The van der Waals surface area contributed by atoms with Gasteiger partial charge in [0.05, 0.1) is 0 Å². The number of hydrogen-bond acceptors (Lipinski definition) is 1. The van der Waals surface area contributed by atoms with Gasteiger partial charge in [-0.1, -0.05) is 13.0 Å². The largest absolute Gasteiger partial charge is 0.299 e. The Balaban J connectivity index is 2.35. The van der Waals surface area contributed by atoms with Crippen molar-refractivity contribution in [3.05, 3.63) is 12.7 Å². The first-order valence-electron chi connectivity index (χ1n) is 4.39. The lowest BCUT2D eigenvalue weighted by atomic mass is 9.93. The summed E-state index contributed by atoms with van der Waals surface area (Å²) in [6.07, 6.45) is 6.06. The highest BCUT2D eigenvalue weighted by Gasteiger charge is 2.29. The molecule has 0 aromatic rings. The fourth-order valence-corrected chi connectivity index (χ4v) is 1.79. The van der Waals surface area contributed by atoms with Crippen molar-refractivity contribution in [1.82, 2.24) is 0 Å². The molecule has 1 rings (SSSR count). The van der Waals surface area contributed by atoms with Gasteiger partial charge in [0.2, 0.25) is 0 Å². The second kappa shape index (κ2) is 3.70. The topological polar surface area (TPSA) is 17.1 Å². The van der Waals surface area contributed by atoms with E-state index in [1.54, 1.807) is 0 Å².